The molecule has 1 rings (SSSR count). The maximum absolute atomic E-state index is 12.9. The average molecular weight is 224 g/mol. The molecule has 4 nitrogen and oxygen atoms in total. The molecular weight excluding hydrogens is 220 g/mol. The minimum Gasteiger partial charge on any atom is -0.417 e. The number of nitrogens with two attached hydrogens (primary N) is 1. The van der Waals surface area contributed by atoms with Gasteiger partial charge in [-0.25, -0.2) is 9.78 Å². The Balaban J connectivity index is 2.91. The first-order valence-electron chi connectivity index (χ1n) is 3.51. The molecule has 1 aromatic rings. The Kier molecular flexibility index (Phi) is 2.78. The molecule has 0 aliphatic heterocycles. The number of ether oxygens (including phenoxy) is 1. The molecule has 0 atom stereocenters. The monoisotopic (exact) mass is 224 g/mol. The Labute approximate surface area is 80.7 Å². The van der Waals surface area contributed by atoms with E-state index in [-0.39, 0.29) is 0 Å². The van der Waals surface area contributed by atoms with Crippen LogP contribution in [0.1, 0.15) is 0 Å². The Morgan fingerprint density at radius 3 is 2.60 bits per heavy atom. The van der Waals surface area contributed by atoms with Gasteiger partial charge in [-0.2, -0.15) is 17.6 Å². The summed E-state index contributed by atoms with van der Waals surface area (Å²) in [5, 5.41) is 0. The number of nitrogens with zero attached hydrogens (tertiary/aromatic N) is 1. The highest BCUT2D eigenvalue weighted by Crippen LogP contribution is 2.23. The number of aromatic nitrogens is 1. The predicted molar refractivity (Wildman–Crippen MR) is 40.3 cm³/mol. The van der Waals surface area contributed by atoms with E-state index in [9.17, 15) is 22.4 Å². The summed E-state index contributed by atoms with van der Waals surface area (Å²) < 4.78 is 51.8. The molecule has 1 heterocycles. The van der Waals surface area contributed by atoms with E-state index in [4.69, 9.17) is 5.73 Å². The second kappa shape index (κ2) is 3.71. The Bertz CT molecular complexity index is 391. The molecule has 1 aromatic heterocycles. The first-order chi connectivity index (χ1) is 6.82. The quantitative estimate of drug-likeness (QED) is 0.576. The van der Waals surface area contributed by atoms with Crippen LogP contribution in [0.4, 0.5) is 23.4 Å². The maximum Gasteiger partial charge on any atom is 0.491 e. The van der Waals surface area contributed by atoms with Crippen LogP contribution in [0.15, 0.2) is 12.3 Å². The van der Waals surface area contributed by atoms with Gasteiger partial charge in [0.05, 0.1) is 0 Å². The van der Waals surface area contributed by atoms with Crippen molar-refractivity contribution in [3.05, 3.63) is 18.1 Å². The zero-order chi connectivity index (χ0) is 11.6. The lowest BCUT2D eigenvalue weighted by molar-refractivity contribution is -0.189. The van der Waals surface area contributed by atoms with Crippen molar-refractivity contribution in [2.75, 3.05) is 5.73 Å². The molecule has 0 bridgehead atoms. The van der Waals surface area contributed by atoms with Crippen LogP contribution < -0.4 is 10.5 Å². The fourth-order valence-electron chi connectivity index (χ4n) is 0.678. The molecule has 0 fully saturated rings. The Morgan fingerprint density at radius 1 is 1.47 bits per heavy atom. The van der Waals surface area contributed by atoms with Crippen molar-refractivity contribution in [2.24, 2.45) is 0 Å². The second-order valence-electron chi connectivity index (χ2n) is 2.40. The summed E-state index contributed by atoms with van der Waals surface area (Å²) >= 11 is 0. The van der Waals surface area contributed by atoms with Gasteiger partial charge in [-0.1, -0.05) is 0 Å². The van der Waals surface area contributed by atoms with Gasteiger partial charge in [0.25, 0.3) is 0 Å². The number of alkyl halides is 3. The van der Waals surface area contributed by atoms with Gasteiger partial charge < -0.3 is 10.5 Å². The number of rotatable bonds is 1. The molecule has 82 valence electrons. The number of nitrogen functional groups attached to an aromatic ring is 1. The molecule has 2 N–H and O–H groups in total. The summed E-state index contributed by atoms with van der Waals surface area (Å²) in [6, 6.07) is 0.759. The lowest BCUT2D eigenvalue weighted by Crippen LogP contribution is -2.28. The summed E-state index contributed by atoms with van der Waals surface area (Å²) in [6.07, 6.45) is -4.28. The summed E-state index contributed by atoms with van der Waals surface area (Å²) in [6.45, 7) is 0. The fraction of sp³-hybridized carbons (Fsp3) is 0.143. The van der Waals surface area contributed by atoms with Gasteiger partial charge in [-0.15, -0.1) is 0 Å². The molecule has 0 unspecified atom stereocenters. The minimum absolute atomic E-state index is 0.650. The van der Waals surface area contributed by atoms with Crippen LogP contribution in [-0.2, 0) is 4.79 Å². The minimum atomic E-state index is -5.19. The summed E-state index contributed by atoms with van der Waals surface area (Å²) in [5.74, 6) is -5.39. The lowest BCUT2D eigenvalue weighted by Gasteiger charge is -2.07. The lowest BCUT2D eigenvalue weighted by atomic mass is 10.4. The zero-order valence-electron chi connectivity index (χ0n) is 7.01. The summed E-state index contributed by atoms with van der Waals surface area (Å²) in [4.78, 5) is 13.6. The average Bonchev–Trinajstić information content (AvgIpc) is 2.11. The van der Waals surface area contributed by atoms with Gasteiger partial charge in [-0.3, -0.25) is 0 Å². The highest BCUT2D eigenvalue weighted by atomic mass is 19.4. The third-order valence-corrected chi connectivity index (χ3v) is 1.31. The molecule has 0 aliphatic carbocycles. The zero-order valence-corrected chi connectivity index (χ0v) is 7.01. The third kappa shape index (κ3) is 2.55. The summed E-state index contributed by atoms with van der Waals surface area (Å²) in [5.41, 5.74) is 4.95. The van der Waals surface area contributed by atoms with Crippen molar-refractivity contribution in [1.82, 2.24) is 4.98 Å². The second-order valence-corrected chi connectivity index (χ2v) is 2.40. The van der Waals surface area contributed by atoms with Gasteiger partial charge in [-0.05, 0) is 0 Å². The number of hydrogen-bond acceptors (Lipinski definition) is 4. The number of halogens is 4. The first-order valence-corrected chi connectivity index (χ1v) is 3.51. The van der Waals surface area contributed by atoms with Crippen molar-refractivity contribution in [2.45, 2.75) is 6.18 Å². The van der Waals surface area contributed by atoms with Crippen LogP contribution >= 0.6 is 0 Å². The highest BCUT2D eigenvalue weighted by molar-refractivity contribution is 5.78. The largest absolute Gasteiger partial charge is 0.491 e. The van der Waals surface area contributed by atoms with Crippen LogP contribution in [0.5, 0.6) is 5.75 Å². The standard InChI is InChI=1S/C7H4F4N2O2/c8-4-3(1-2-13-5(4)12)15-6(14)7(9,10)11/h1-2H,(H2,12,13). The van der Waals surface area contributed by atoms with Crippen LogP contribution in [0.25, 0.3) is 0 Å². The van der Waals surface area contributed by atoms with E-state index in [1.807, 2.05) is 0 Å². The van der Waals surface area contributed by atoms with Crippen molar-refractivity contribution >= 4 is 11.8 Å². The van der Waals surface area contributed by atoms with Crippen molar-refractivity contribution in [1.29, 1.82) is 0 Å². The van der Waals surface area contributed by atoms with Crippen molar-refractivity contribution in [3.8, 4) is 5.75 Å². The SMILES string of the molecule is Nc1nccc(OC(=O)C(F)(F)F)c1F. The van der Waals surface area contributed by atoms with Crippen LogP contribution in [0, 0.1) is 5.82 Å². The molecule has 15 heavy (non-hydrogen) atoms. The number of hydrogen-bond donors (Lipinski definition) is 1. The van der Waals surface area contributed by atoms with E-state index in [2.05, 4.69) is 9.72 Å². The van der Waals surface area contributed by atoms with Crippen LogP contribution in [-0.4, -0.2) is 17.1 Å². The van der Waals surface area contributed by atoms with Gasteiger partial charge in [0.1, 0.15) is 0 Å². The van der Waals surface area contributed by atoms with E-state index in [1.54, 1.807) is 0 Å². The molecule has 0 aromatic carbocycles. The molecular formula is C7H4F4N2O2. The maximum atomic E-state index is 12.9. The van der Waals surface area contributed by atoms with Crippen molar-refractivity contribution in [3.63, 3.8) is 0 Å². The molecule has 8 heteroatoms. The predicted octanol–water partition coefficient (Wildman–Crippen LogP) is 1.27. The van der Waals surface area contributed by atoms with E-state index < -0.39 is 29.5 Å². The number of carbonyl (C=O) groups excluding carboxylic acids is 1. The third-order valence-electron chi connectivity index (χ3n) is 1.31. The van der Waals surface area contributed by atoms with E-state index in [0.29, 0.717) is 0 Å². The van der Waals surface area contributed by atoms with Crippen LogP contribution in [0.2, 0.25) is 0 Å². The molecule has 0 aliphatic rings. The number of esters is 1. The smallest absolute Gasteiger partial charge is 0.417 e. The van der Waals surface area contributed by atoms with Gasteiger partial charge in [0.15, 0.2) is 11.6 Å². The van der Waals surface area contributed by atoms with Gasteiger partial charge in [0, 0.05) is 12.3 Å². The highest BCUT2D eigenvalue weighted by Gasteiger charge is 2.41. The van der Waals surface area contributed by atoms with Gasteiger partial charge in [0.2, 0.25) is 5.82 Å². The summed E-state index contributed by atoms with van der Waals surface area (Å²) in [7, 11) is 0. The molecule has 0 radical (unpaired) electrons. The van der Waals surface area contributed by atoms with Crippen molar-refractivity contribution < 1.29 is 27.1 Å². The Hall–Kier alpha value is -1.86. The first kappa shape index (κ1) is 11.2. The van der Waals surface area contributed by atoms with Gasteiger partial charge >= 0.3 is 12.1 Å². The molecule has 0 amide bonds. The molecule has 0 saturated heterocycles. The molecule has 0 spiro atoms. The number of anilines is 1. The van der Waals surface area contributed by atoms with E-state index in [0.717, 1.165) is 12.3 Å². The van der Waals surface area contributed by atoms with E-state index >= 15 is 0 Å². The normalized spacial score (nSPS) is 11.2. The van der Waals surface area contributed by atoms with E-state index in [1.165, 1.54) is 0 Å². The molecule has 0 saturated carbocycles. The topological polar surface area (TPSA) is 65.2 Å². The number of carbonyl (C=O) groups is 1. The Morgan fingerprint density at radius 2 is 2.07 bits per heavy atom. The number of pyridine rings is 1. The van der Waals surface area contributed by atoms with Crippen LogP contribution in [0.3, 0.4) is 0 Å². The fourth-order valence-corrected chi connectivity index (χ4v) is 0.678.